The number of carboxylic acid groups (broad SMARTS) is 2. The number of rotatable bonds is 4. The van der Waals surface area contributed by atoms with Gasteiger partial charge < -0.3 is 15.9 Å². The predicted molar refractivity (Wildman–Crippen MR) is 70.6 cm³/mol. The first-order valence-corrected chi connectivity index (χ1v) is 6.61. The molecule has 0 saturated heterocycles. The molecule has 3 rings (SSSR count). The summed E-state index contributed by atoms with van der Waals surface area (Å²) in [6.45, 7) is 0. The van der Waals surface area contributed by atoms with Gasteiger partial charge >= 0.3 is 11.9 Å². The summed E-state index contributed by atoms with van der Waals surface area (Å²) in [5.74, 6) is -3.47. The van der Waals surface area contributed by atoms with E-state index < -0.39 is 29.3 Å². The van der Waals surface area contributed by atoms with Crippen molar-refractivity contribution in [3.05, 3.63) is 6.20 Å². The van der Waals surface area contributed by atoms with E-state index in [0.29, 0.717) is 5.03 Å². The minimum atomic E-state index is -1.45. The highest BCUT2D eigenvalue weighted by atomic mass is 35.5. The molecule has 2 aliphatic carbocycles. The van der Waals surface area contributed by atoms with Gasteiger partial charge in [-0.2, -0.15) is 0 Å². The fourth-order valence-electron chi connectivity index (χ4n) is 3.14. The number of carboxylic acids is 2. The summed E-state index contributed by atoms with van der Waals surface area (Å²) in [6, 6.07) is 0. The van der Waals surface area contributed by atoms with E-state index >= 15 is 0 Å². The second kappa shape index (κ2) is 4.90. The third-order valence-electron chi connectivity index (χ3n) is 3.99. The number of aliphatic carboxylic acids is 2. The molecule has 5 N–H and O–H groups in total. The summed E-state index contributed by atoms with van der Waals surface area (Å²) in [6.07, 6.45) is 1.84. The first kappa shape index (κ1) is 15.1. The van der Waals surface area contributed by atoms with Gasteiger partial charge in [0.05, 0.1) is 12.1 Å². The maximum absolute atomic E-state index is 11.3. The number of fused-ring (bicyclic) bond motifs is 1. The third kappa shape index (κ3) is 2.05. The van der Waals surface area contributed by atoms with Crippen LogP contribution in [0.2, 0.25) is 0 Å². The van der Waals surface area contributed by atoms with Crippen LogP contribution in [-0.4, -0.2) is 48.4 Å². The van der Waals surface area contributed by atoms with Crippen molar-refractivity contribution in [3.8, 4) is 0 Å². The van der Waals surface area contributed by atoms with E-state index in [1.165, 1.54) is 11.8 Å². The van der Waals surface area contributed by atoms with Crippen LogP contribution in [0.3, 0.4) is 0 Å². The lowest BCUT2D eigenvalue weighted by Gasteiger charge is -2.23. The SMILES string of the molecule is Cl.N[C@@]1(C(=O)O)C[C@@H](Sc2c[nH]nn2)[C@H]2[C@H](C(=O)O)[C@H]21. The first-order chi connectivity index (χ1) is 8.95. The fraction of sp³-hybridized carbons (Fsp3) is 0.600. The Morgan fingerprint density at radius 1 is 1.50 bits per heavy atom. The molecule has 8 nitrogen and oxygen atoms in total. The number of thioether (sulfide) groups is 1. The topological polar surface area (TPSA) is 142 Å². The Morgan fingerprint density at radius 3 is 2.70 bits per heavy atom. The molecule has 10 heteroatoms. The number of nitrogens with one attached hydrogen (secondary N) is 1. The maximum Gasteiger partial charge on any atom is 0.324 e. The average molecular weight is 321 g/mol. The van der Waals surface area contributed by atoms with Gasteiger partial charge in [0.25, 0.3) is 0 Å². The van der Waals surface area contributed by atoms with Crippen LogP contribution in [0.1, 0.15) is 6.42 Å². The number of hydrogen-bond acceptors (Lipinski definition) is 6. The monoisotopic (exact) mass is 320 g/mol. The molecule has 1 heterocycles. The van der Waals surface area contributed by atoms with Crippen molar-refractivity contribution in [3.63, 3.8) is 0 Å². The number of aromatic nitrogens is 3. The van der Waals surface area contributed by atoms with Gasteiger partial charge in [-0.15, -0.1) is 17.5 Å². The molecule has 5 atom stereocenters. The second-order valence-electron chi connectivity index (χ2n) is 4.98. The first-order valence-electron chi connectivity index (χ1n) is 5.73. The molecular formula is C10H13ClN4O4S. The Hall–Kier alpha value is -1.32. The highest BCUT2D eigenvalue weighted by molar-refractivity contribution is 7.99. The molecule has 0 aliphatic heterocycles. The van der Waals surface area contributed by atoms with Crippen LogP contribution >= 0.6 is 24.2 Å². The third-order valence-corrected chi connectivity index (χ3v) is 5.21. The molecular weight excluding hydrogens is 308 g/mol. The fourth-order valence-corrected chi connectivity index (χ4v) is 4.51. The molecule has 0 spiro atoms. The molecule has 0 unspecified atom stereocenters. The van der Waals surface area contributed by atoms with E-state index in [1.807, 2.05) is 0 Å². The molecule has 0 aromatic carbocycles. The Balaban J connectivity index is 0.00000147. The zero-order valence-corrected chi connectivity index (χ0v) is 11.7. The zero-order chi connectivity index (χ0) is 13.8. The van der Waals surface area contributed by atoms with Crippen molar-refractivity contribution >= 4 is 36.1 Å². The lowest BCUT2D eigenvalue weighted by atomic mass is 9.91. The van der Waals surface area contributed by atoms with Crippen molar-refractivity contribution in [1.82, 2.24) is 15.4 Å². The normalized spacial score (nSPS) is 37.9. The molecule has 20 heavy (non-hydrogen) atoms. The summed E-state index contributed by atoms with van der Waals surface area (Å²) in [5.41, 5.74) is 4.47. The number of aromatic amines is 1. The molecule has 2 aliphatic rings. The van der Waals surface area contributed by atoms with Crippen LogP contribution in [0, 0.1) is 17.8 Å². The van der Waals surface area contributed by atoms with Crippen molar-refractivity contribution < 1.29 is 19.8 Å². The summed E-state index contributed by atoms with van der Waals surface area (Å²) >= 11 is 1.34. The smallest absolute Gasteiger partial charge is 0.324 e. The van der Waals surface area contributed by atoms with Crippen LogP contribution < -0.4 is 5.73 Å². The Kier molecular flexibility index (Phi) is 3.69. The van der Waals surface area contributed by atoms with E-state index in [1.54, 1.807) is 6.20 Å². The summed E-state index contributed by atoms with van der Waals surface area (Å²) in [7, 11) is 0. The quantitative estimate of drug-likeness (QED) is 0.598. The Bertz CT molecular complexity index is 541. The molecule has 0 bridgehead atoms. The van der Waals surface area contributed by atoms with Crippen LogP contribution in [0.5, 0.6) is 0 Å². The number of nitrogens with two attached hydrogens (primary N) is 1. The van der Waals surface area contributed by atoms with Gasteiger partial charge in [0.2, 0.25) is 0 Å². The number of hydrogen-bond donors (Lipinski definition) is 4. The van der Waals surface area contributed by atoms with Gasteiger partial charge in [-0.25, -0.2) is 0 Å². The molecule has 0 radical (unpaired) electrons. The van der Waals surface area contributed by atoms with Crippen molar-refractivity contribution in [1.29, 1.82) is 0 Å². The Labute approximate surface area is 123 Å². The molecule has 2 saturated carbocycles. The van der Waals surface area contributed by atoms with Gasteiger partial charge in [-0.3, -0.25) is 14.7 Å². The lowest BCUT2D eigenvalue weighted by molar-refractivity contribution is -0.145. The van der Waals surface area contributed by atoms with Gasteiger partial charge in [0, 0.05) is 11.2 Å². The maximum atomic E-state index is 11.3. The highest BCUT2D eigenvalue weighted by Gasteiger charge is 2.74. The average Bonchev–Trinajstić information content (AvgIpc) is 2.77. The Morgan fingerprint density at radius 2 is 2.20 bits per heavy atom. The predicted octanol–water partition coefficient (Wildman–Crippen LogP) is -0.180. The standard InChI is InChI=1S/C10H12N4O4S.ClH/c11-10(9(17)18)1-3(19-4-2-12-14-13-4)5-6(7(5)10)8(15)16;/h2-3,5-7H,1,11H2,(H,15,16)(H,17,18)(H,12,13,14);1H/t3-,5+,6+,7+,10+;/m1./s1. The second-order valence-corrected chi connectivity index (χ2v) is 6.24. The number of carbonyl (C=O) groups is 2. The largest absolute Gasteiger partial charge is 0.481 e. The lowest BCUT2D eigenvalue weighted by Crippen LogP contribution is -2.50. The van der Waals surface area contributed by atoms with E-state index in [4.69, 9.17) is 10.8 Å². The van der Waals surface area contributed by atoms with Crippen molar-refractivity contribution in [2.45, 2.75) is 22.2 Å². The van der Waals surface area contributed by atoms with Crippen LogP contribution in [0.15, 0.2) is 11.2 Å². The van der Waals surface area contributed by atoms with Gasteiger partial charge in [0.15, 0.2) is 0 Å². The molecule has 2 fully saturated rings. The molecule has 0 amide bonds. The highest BCUT2D eigenvalue weighted by Crippen LogP contribution is 2.65. The van der Waals surface area contributed by atoms with Gasteiger partial charge in [-0.1, -0.05) is 17.0 Å². The minimum absolute atomic E-state index is 0. The molecule has 1 aromatic rings. The minimum Gasteiger partial charge on any atom is -0.481 e. The molecule has 110 valence electrons. The number of nitrogens with zero attached hydrogens (tertiary/aromatic N) is 2. The van der Waals surface area contributed by atoms with Gasteiger partial charge in [0.1, 0.15) is 10.6 Å². The van der Waals surface area contributed by atoms with E-state index in [9.17, 15) is 14.7 Å². The van der Waals surface area contributed by atoms with Gasteiger partial charge in [-0.05, 0) is 12.3 Å². The number of H-pyrrole nitrogens is 1. The van der Waals surface area contributed by atoms with Crippen molar-refractivity contribution in [2.75, 3.05) is 0 Å². The van der Waals surface area contributed by atoms with Crippen molar-refractivity contribution in [2.24, 2.45) is 23.5 Å². The van der Waals surface area contributed by atoms with Crippen LogP contribution in [0.25, 0.3) is 0 Å². The molecule has 1 aromatic heterocycles. The van der Waals surface area contributed by atoms with Crippen LogP contribution in [0.4, 0.5) is 0 Å². The van der Waals surface area contributed by atoms with Crippen LogP contribution in [-0.2, 0) is 9.59 Å². The summed E-state index contributed by atoms with van der Waals surface area (Å²) in [5, 5.41) is 28.8. The number of halogens is 1. The van der Waals surface area contributed by atoms with E-state index in [2.05, 4.69) is 15.4 Å². The van der Waals surface area contributed by atoms with E-state index in [-0.39, 0.29) is 30.0 Å². The summed E-state index contributed by atoms with van der Waals surface area (Å²) < 4.78 is 0. The van der Waals surface area contributed by atoms with E-state index in [0.717, 1.165) is 0 Å². The zero-order valence-electron chi connectivity index (χ0n) is 10.1. The summed E-state index contributed by atoms with van der Waals surface area (Å²) in [4.78, 5) is 22.5.